The maximum atomic E-state index is 12.3. The topological polar surface area (TPSA) is 73.9 Å². The van der Waals surface area contributed by atoms with E-state index < -0.39 is 0 Å². The van der Waals surface area contributed by atoms with E-state index >= 15 is 0 Å². The first kappa shape index (κ1) is 23.0. The number of carbonyl (C=O) groups is 2. The molecule has 1 amide bonds. The molecule has 0 aliphatic heterocycles. The van der Waals surface area contributed by atoms with Crippen molar-refractivity contribution >= 4 is 11.7 Å². The number of methoxy groups -OCH3 is 1. The Morgan fingerprint density at radius 1 is 0.844 bits per heavy atom. The van der Waals surface area contributed by atoms with Crippen molar-refractivity contribution in [3.8, 4) is 11.5 Å². The minimum Gasteiger partial charge on any atom is -0.493 e. The van der Waals surface area contributed by atoms with Gasteiger partial charge in [-0.3, -0.25) is 9.59 Å². The normalized spacial score (nSPS) is 10.4. The zero-order chi connectivity index (χ0) is 22.8. The van der Waals surface area contributed by atoms with Crippen LogP contribution in [0.4, 0.5) is 0 Å². The Morgan fingerprint density at radius 2 is 1.56 bits per heavy atom. The number of ether oxygens (including phenoxy) is 3. The van der Waals surface area contributed by atoms with Gasteiger partial charge in [0, 0.05) is 12.1 Å². The smallest absolute Gasteiger partial charge is 0.258 e. The number of benzene rings is 3. The molecule has 0 radical (unpaired) electrons. The first-order valence-electron chi connectivity index (χ1n) is 10.3. The molecule has 166 valence electrons. The summed E-state index contributed by atoms with van der Waals surface area (Å²) in [5.41, 5.74) is 3.63. The van der Waals surface area contributed by atoms with Gasteiger partial charge in [-0.2, -0.15) is 0 Å². The van der Waals surface area contributed by atoms with E-state index in [0.29, 0.717) is 36.8 Å². The van der Waals surface area contributed by atoms with E-state index in [1.807, 2.05) is 54.6 Å². The van der Waals surface area contributed by atoms with Crippen molar-refractivity contribution in [3.63, 3.8) is 0 Å². The summed E-state index contributed by atoms with van der Waals surface area (Å²) < 4.78 is 16.7. The van der Waals surface area contributed by atoms with Gasteiger partial charge in [0.15, 0.2) is 23.9 Å². The van der Waals surface area contributed by atoms with Crippen LogP contribution >= 0.6 is 0 Å². The lowest BCUT2D eigenvalue weighted by Crippen LogP contribution is -2.28. The van der Waals surface area contributed by atoms with Crippen LogP contribution in [-0.4, -0.2) is 25.4 Å². The molecule has 6 nitrogen and oxygen atoms in total. The molecule has 0 fully saturated rings. The largest absolute Gasteiger partial charge is 0.493 e. The van der Waals surface area contributed by atoms with E-state index in [-0.39, 0.29) is 18.3 Å². The first-order chi connectivity index (χ1) is 15.6. The molecule has 0 spiro atoms. The lowest BCUT2D eigenvalue weighted by atomic mass is 10.1. The van der Waals surface area contributed by atoms with Gasteiger partial charge in [0.05, 0.1) is 20.3 Å². The summed E-state index contributed by atoms with van der Waals surface area (Å²) in [6, 6.07) is 22.7. The van der Waals surface area contributed by atoms with Gasteiger partial charge in [-0.25, -0.2) is 0 Å². The third-order valence-corrected chi connectivity index (χ3v) is 4.89. The fourth-order valence-electron chi connectivity index (χ4n) is 3.12. The van der Waals surface area contributed by atoms with E-state index in [9.17, 15) is 9.59 Å². The highest BCUT2D eigenvalue weighted by Crippen LogP contribution is 2.28. The van der Waals surface area contributed by atoms with Crippen LogP contribution in [0, 0.1) is 0 Å². The zero-order valence-corrected chi connectivity index (χ0v) is 18.3. The van der Waals surface area contributed by atoms with Gasteiger partial charge in [0.2, 0.25) is 0 Å². The van der Waals surface area contributed by atoms with E-state index in [2.05, 4.69) is 5.32 Å². The monoisotopic (exact) mass is 433 g/mol. The van der Waals surface area contributed by atoms with E-state index in [0.717, 1.165) is 16.7 Å². The number of ketones is 1. The summed E-state index contributed by atoms with van der Waals surface area (Å²) in [4.78, 5) is 23.8. The van der Waals surface area contributed by atoms with Crippen LogP contribution < -0.4 is 14.8 Å². The minimum absolute atomic E-state index is 0.0704. The van der Waals surface area contributed by atoms with Gasteiger partial charge in [-0.05, 0) is 41.8 Å². The van der Waals surface area contributed by atoms with Crippen LogP contribution in [-0.2, 0) is 29.3 Å². The quantitative estimate of drug-likeness (QED) is 0.456. The second kappa shape index (κ2) is 11.7. The molecule has 1 N–H and O–H groups in total. The van der Waals surface area contributed by atoms with E-state index in [1.165, 1.54) is 14.0 Å². The summed E-state index contributed by atoms with van der Waals surface area (Å²) in [5.74, 6) is 0.482. The SMILES string of the molecule is COc1cc(C(C)=O)ccc1OCC(=O)NCc1ccccc1COCc1ccccc1. The molecule has 3 aromatic carbocycles. The average Bonchev–Trinajstić information content (AvgIpc) is 2.82. The molecular formula is C26H27NO5. The average molecular weight is 434 g/mol. The molecular weight excluding hydrogens is 406 g/mol. The molecule has 0 atom stereocenters. The molecule has 0 saturated carbocycles. The molecule has 0 aliphatic rings. The lowest BCUT2D eigenvalue weighted by molar-refractivity contribution is -0.123. The highest BCUT2D eigenvalue weighted by Gasteiger charge is 2.11. The van der Waals surface area contributed by atoms with Crippen LogP contribution in [0.1, 0.15) is 34.0 Å². The number of hydrogen-bond acceptors (Lipinski definition) is 5. The molecule has 0 aliphatic carbocycles. The predicted molar refractivity (Wildman–Crippen MR) is 122 cm³/mol. The van der Waals surface area contributed by atoms with Crippen LogP contribution in [0.15, 0.2) is 72.8 Å². The van der Waals surface area contributed by atoms with Crippen molar-refractivity contribution in [2.24, 2.45) is 0 Å². The maximum Gasteiger partial charge on any atom is 0.258 e. The maximum absolute atomic E-state index is 12.3. The summed E-state index contributed by atoms with van der Waals surface area (Å²) in [5, 5.41) is 2.87. The molecule has 3 rings (SSSR count). The van der Waals surface area contributed by atoms with Crippen LogP contribution in [0.2, 0.25) is 0 Å². The van der Waals surface area contributed by atoms with E-state index in [1.54, 1.807) is 18.2 Å². The van der Waals surface area contributed by atoms with Gasteiger partial charge in [-0.1, -0.05) is 54.6 Å². The predicted octanol–water partition coefficient (Wildman–Crippen LogP) is 4.31. The van der Waals surface area contributed by atoms with Gasteiger partial charge >= 0.3 is 0 Å². The van der Waals surface area contributed by atoms with Crippen molar-refractivity contribution in [2.75, 3.05) is 13.7 Å². The summed E-state index contributed by atoms with van der Waals surface area (Å²) in [7, 11) is 1.49. The third kappa shape index (κ3) is 6.68. The van der Waals surface area contributed by atoms with Crippen molar-refractivity contribution in [1.82, 2.24) is 5.32 Å². The Hall–Kier alpha value is -3.64. The highest BCUT2D eigenvalue weighted by atomic mass is 16.5. The van der Waals surface area contributed by atoms with Gasteiger partial charge in [0.1, 0.15) is 0 Å². The Labute approximate surface area is 188 Å². The number of hydrogen-bond donors (Lipinski definition) is 1. The molecule has 0 saturated heterocycles. The Balaban J connectivity index is 1.50. The molecule has 0 aromatic heterocycles. The Bertz CT molecular complexity index is 1050. The standard InChI is InChI=1S/C26H27NO5/c1-19(28)21-12-13-24(25(14-21)30-2)32-18-26(29)27-15-22-10-6-7-11-23(22)17-31-16-20-8-4-3-5-9-20/h3-14H,15-18H2,1-2H3,(H,27,29). The second-order valence-corrected chi connectivity index (χ2v) is 7.23. The summed E-state index contributed by atoms with van der Waals surface area (Å²) in [6.07, 6.45) is 0. The number of Topliss-reactive ketones (excluding diaryl/α,β-unsaturated/α-hetero) is 1. The fourth-order valence-corrected chi connectivity index (χ4v) is 3.12. The highest BCUT2D eigenvalue weighted by molar-refractivity contribution is 5.94. The lowest BCUT2D eigenvalue weighted by Gasteiger charge is -2.13. The number of amides is 1. The minimum atomic E-state index is -0.261. The Morgan fingerprint density at radius 3 is 2.28 bits per heavy atom. The molecule has 0 bridgehead atoms. The molecule has 0 heterocycles. The summed E-state index contributed by atoms with van der Waals surface area (Å²) in [6.45, 7) is 2.67. The molecule has 32 heavy (non-hydrogen) atoms. The van der Waals surface area contributed by atoms with Crippen molar-refractivity contribution in [2.45, 2.75) is 26.7 Å². The molecule has 6 heteroatoms. The fraction of sp³-hybridized carbons (Fsp3) is 0.231. The van der Waals surface area contributed by atoms with Gasteiger partial charge < -0.3 is 19.5 Å². The Kier molecular flexibility index (Phi) is 8.40. The summed E-state index contributed by atoms with van der Waals surface area (Å²) >= 11 is 0. The van der Waals surface area contributed by atoms with Gasteiger partial charge in [-0.15, -0.1) is 0 Å². The third-order valence-electron chi connectivity index (χ3n) is 4.89. The second-order valence-electron chi connectivity index (χ2n) is 7.23. The van der Waals surface area contributed by atoms with Crippen LogP contribution in [0.25, 0.3) is 0 Å². The van der Waals surface area contributed by atoms with Crippen molar-refractivity contribution in [3.05, 3.63) is 95.1 Å². The van der Waals surface area contributed by atoms with Crippen molar-refractivity contribution in [1.29, 1.82) is 0 Å². The molecule has 3 aromatic rings. The first-order valence-corrected chi connectivity index (χ1v) is 10.3. The van der Waals surface area contributed by atoms with Gasteiger partial charge in [0.25, 0.3) is 5.91 Å². The number of rotatable bonds is 11. The zero-order valence-electron chi connectivity index (χ0n) is 18.3. The number of carbonyl (C=O) groups excluding carboxylic acids is 2. The van der Waals surface area contributed by atoms with Crippen LogP contribution in [0.5, 0.6) is 11.5 Å². The van der Waals surface area contributed by atoms with Crippen molar-refractivity contribution < 1.29 is 23.8 Å². The molecule has 0 unspecified atom stereocenters. The number of nitrogens with one attached hydrogen (secondary N) is 1. The van der Waals surface area contributed by atoms with Crippen LogP contribution in [0.3, 0.4) is 0 Å². The van der Waals surface area contributed by atoms with E-state index in [4.69, 9.17) is 14.2 Å².